The Kier molecular flexibility index (Phi) is 7.71. The van der Waals surface area contributed by atoms with E-state index in [0.29, 0.717) is 24.7 Å². The molecule has 0 saturated heterocycles. The van der Waals surface area contributed by atoms with Gasteiger partial charge in [-0.1, -0.05) is 36.0 Å². The monoisotopic (exact) mass is 622 g/mol. The molecule has 3 heterocycles. The number of nitrogens with zero attached hydrogens (tertiary/aromatic N) is 2. The molecule has 44 heavy (non-hydrogen) atoms. The van der Waals surface area contributed by atoms with Crippen LogP contribution in [0.15, 0.2) is 94.0 Å². The van der Waals surface area contributed by atoms with Gasteiger partial charge in [0.05, 0.1) is 17.4 Å². The molecule has 7 rings (SSSR count). The third-order valence-electron chi connectivity index (χ3n) is 7.74. The van der Waals surface area contributed by atoms with Gasteiger partial charge in [-0.05, 0) is 90.1 Å². The molecule has 1 atom stereocenters. The molecule has 0 spiro atoms. The minimum Gasteiger partial charge on any atom is -0.486 e. The Hall–Kier alpha value is -4.38. The number of rotatable bonds is 7. The molecule has 6 nitrogen and oxygen atoms in total. The average molecular weight is 623 g/mol. The lowest BCUT2D eigenvalue weighted by Gasteiger charge is -2.40. The lowest BCUT2D eigenvalue weighted by atomic mass is 9.82. The Morgan fingerprint density at radius 2 is 1.52 bits per heavy atom. The molecule has 0 fully saturated rings. The van der Waals surface area contributed by atoms with E-state index in [0.717, 1.165) is 63.7 Å². The Bertz CT molecular complexity index is 1690. The first kappa shape index (κ1) is 28.4. The molecule has 11 heteroatoms. The number of hydrogen-bond donors (Lipinski definition) is 0. The summed E-state index contributed by atoms with van der Waals surface area (Å²) in [7, 11) is 0. The van der Waals surface area contributed by atoms with Gasteiger partial charge >= 0.3 is 13.2 Å². The van der Waals surface area contributed by atoms with Crippen LogP contribution in [0.3, 0.4) is 0 Å². The van der Waals surface area contributed by atoms with Crippen molar-refractivity contribution in [3.8, 4) is 23.0 Å². The molecule has 0 N–H and O–H groups in total. The average Bonchev–Trinajstić information content (AvgIpc) is 3.44. The smallest absolute Gasteiger partial charge is 0.387 e. The number of ether oxygens (including phenoxy) is 4. The van der Waals surface area contributed by atoms with Crippen LogP contribution in [0.2, 0.25) is 0 Å². The normalized spacial score (nSPS) is 20.0. The summed E-state index contributed by atoms with van der Waals surface area (Å²) in [6, 6.07) is 18.9. The van der Waals surface area contributed by atoms with Crippen molar-refractivity contribution in [3.05, 3.63) is 106 Å². The molecule has 226 valence electrons. The third-order valence-corrected chi connectivity index (χ3v) is 8.58. The Balaban J connectivity index is 1.29. The molecule has 3 aromatic rings. The van der Waals surface area contributed by atoms with E-state index in [4.69, 9.17) is 14.5 Å². The first-order valence-electron chi connectivity index (χ1n) is 14.1. The van der Waals surface area contributed by atoms with E-state index in [-0.39, 0.29) is 17.5 Å². The summed E-state index contributed by atoms with van der Waals surface area (Å²) >= 11 is 1.52. The third kappa shape index (κ3) is 5.63. The maximum Gasteiger partial charge on any atom is 0.387 e. The molecule has 0 aromatic heterocycles. The van der Waals surface area contributed by atoms with Crippen LogP contribution < -0.4 is 18.9 Å². The molecule has 3 aromatic carbocycles. The molecule has 3 aliphatic heterocycles. The number of amidine groups is 1. The van der Waals surface area contributed by atoms with Crippen molar-refractivity contribution in [2.75, 3.05) is 13.2 Å². The fourth-order valence-corrected chi connectivity index (χ4v) is 6.84. The minimum absolute atomic E-state index is 0.0875. The zero-order valence-electron chi connectivity index (χ0n) is 23.2. The number of halogens is 4. The Morgan fingerprint density at radius 3 is 2.23 bits per heavy atom. The van der Waals surface area contributed by atoms with E-state index in [9.17, 15) is 17.6 Å². The van der Waals surface area contributed by atoms with Gasteiger partial charge in [-0.15, -0.1) is 0 Å². The minimum atomic E-state index is -2.91. The standard InChI is InChI=1S/C33H26F4N2O4S/c34-31(35)42-23-9-4-19(5-10-23)16-22-2-1-3-25-29(22)38-33-39(30(25)20-6-11-24(12-7-20)43-32(36)37)26(18-44-33)21-8-13-27-28(17-21)41-15-14-40-27/h4-13,16-18,30-32H,1-3,14-15H2/b22-16-/t30-/m1/s1. The molecule has 0 unspecified atom stereocenters. The Morgan fingerprint density at radius 1 is 0.841 bits per heavy atom. The van der Waals surface area contributed by atoms with E-state index >= 15 is 0 Å². The number of allylic oxidation sites excluding steroid dienone is 1. The van der Waals surface area contributed by atoms with Crippen LogP contribution in [0.1, 0.15) is 42.0 Å². The maximum atomic E-state index is 12.9. The zero-order chi connectivity index (χ0) is 30.2. The highest BCUT2D eigenvalue weighted by Crippen LogP contribution is 2.51. The molecule has 0 radical (unpaired) electrons. The van der Waals surface area contributed by atoms with E-state index in [2.05, 4.69) is 19.8 Å². The quantitative estimate of drug-likeness (QED) is 0.246. The summed E-state index contributed by atoms with van der Waals surface area (Å²) in [4.78, 5) is 7.35. The summed E-state index contributed by atoms with van der Waals surface area (Å²) < 4.78 is 71.8. The van der Waals surface area contributed by atoms with E-state index in [1.54, 1.807) is 24.3 Å². The first-order valence-corrected chi connectivity index (χ1v) is 15.0. The predicted octanol–water partition coefficient (Wildman–Crippen LogP) is 8.64. The molecule has 0 saturated carbocycles. The summed E-state index contributed by atoms with van der Waals surface area (Å²) in [6.45, 7) is -4.82. The van der Waals surface area contributed by atoms with Gasteiger partial charge in [-0.3, -0.25) is 0 Å². The van der Waals surface area contributed by atoms with Crippen LogP contribution in [0, 0.1) is 0 Å². The van der Waals surface area contributed by atoms with Crippen LogP contribution in [0.5, 0.6) is 23.0 Å². The summed E-state index contributed by atoms with van der Waals surface area (Å²) in [5.41, 5.74) is 6.67. The van der Waals surface area contributed by atoms with Crippen molar-refractivity contribution in [2.45, 2.75) is 38.5 Å². The van der Waals surface area contributed by atoms with Gasteiger partial charge in [-0.25, -0.2) is 4.99 Å². The van der Waals surface area contributed by atoms with Gasteiger partial charge < -0.3 is 23.8 Å². The van der Waals surface area contributed by atoms with Crippen LogP contribution in [0.25, 0.3) is 11.8 Å². The second-order valence-electron chi connectivity index (χ2n) is 10.4. The van der Waals surface area contributed by atoms with Gasteiger partial charge in [0.25, 0.3) is 0 Å². The number of fused-ring (bicyclic) bond motifs is 2. The second-order valence-corrected chi connectivity index (χ2v) is 11.3. The van der Waals surface area contributed by atoms with Gasteiger partial charge in [0.15, 0.2) is 16.7 Å². The molecular weight excluding hydrogens is 596 g/mol. The predicted molar refractivity (Wildman–Crippen MR) is 160 cm³/mol. The van der Waals surface area contributed by atoms with Crippen molar-refractivity contribution < 1.29 is 36.5 Å². The highest BCUT2D eigenvalue weighted by Gasteiger charge is 2.40. The van der Waals surface area contributed by atoms with Crippen LogP contribution in [-0.2, 0) is 0 Å². The van der Waals surface area contributed by atoms with E-state index in [1.807, 2.05) is 36.4 Å². The summed E-state index contributed by atoms with van der Waals surface area (Å²) in [5.74, 6) is 1.56. The largest absolute Gasteiger partial charge is 0.486 e. The van der Waals surface area contributed by atoms with Gasteiger partial charge in [-0.2, -0.15) is 17.6 Å². The van der Waals surface area contributed by atoms with Crippen molar-refractivity contribution >= 4 is 28.7 Å². The van der Waals surface area contributed by atoms with Crippen LogP contribution in [0.4, 0.5) is 17.6 Å². The molecule has 4 aliphatic rings. The lowest BCUT2D eigenvalue weighted by molar-refractivity contribution is -0.0505. The molecule has 0 amide bonds. The zero-order valence-corrected chi connectivity index (χ0v) is 24.0. The molecule has 1 aliphatic carbocycles. The SMILES string of the molecule is FC(F)Oc1ccc(/C=C2/CCCC3=C2N=C2SC=C(c4ccc5c(c4)OCCO5)N2[C@@H]3c2ccc(OC(F)F)cc2)cc1. The maximum absolute atomic E-state index is 12.9. The van der Waals surface area contributed by atoms with Crippen molar-refractivity contribution in [3.63, 3.8) is 0 Å². The number of benzene rings is 3. The summed E-state index contributed by atoms with van der Waals surface area (Å²) in [6.07, 6.45) is 4.51. The van der Waals surface area contributed by atoms with Crippen molar-refractivity contribution in [1.82, 2.24) is 4.90 Å². The second kappa shape index (κ2) is 12.0. The highest BCUT2D eigenvalue weighted by molar-refractivity contribution is 8.16. The van der Waals surface area contributed by atoms with Crippen molar-refractivity contribution in [2.24, 2.45) is 4.99 Å². The highest BCUT2D eigenvalue weighted by atomic mass is 32.2. The van der Waals surface area contributed by atoms with Gasteiger partial charge in [0.2, 0.25) is 0 Å². The fourth-order valence-electron chi connectivity index (χ4n) is 5.91. The van der Waals surface area contributed by atoms with Crippen molar-refractivity contribution in [1.29, 1.82) is 0 Å². The molecular formula is C33H26F4N2O4S. The van der Waals surface area contributed by atoms with Gasteiger partial charge in [0, 0.05) is 11.0 Å². The topological polar surface area (TPSA) is 52.5 Å². The number of thioether (sulfide) groups is 1. The lowest BCUT2D eigenvalue weighted by Crippen LogP contribution is -2.34. The number of aliphatic imine (C=N–C) groups is 1. The summed E-state index contributed by atoms with van der Waals surface area (Å²) in [5, 5.41) is 2.86. The molecule has 0 bridgehead atoms. The Labute approximate surface area is 255 Å². The van der Waals surface area contributed by atoms with Gasteiger partial charge in [0.1, 0.15) is 24.7 Å². The fraction of sp³-hybridized carbons (Fsp3) is 0.242. The number of hydrogen-bond acceptors (Lipinski definition) is 7. The van der Waals surface area contributed by atoms with E-state index in [1.165, 1.54) is 23.9 Å². The van der Waals surface area contributed by atoms with Crippen LogP contribution in [-0.4, -0.2) is 36.5 Å². The van der Waals surface area contributed by atoms with E-state index < -0.39 is 13.2 Å². The first-order chi connectivity index (χ1) is 21.4. The number of alkyl halides is 4. The van der Waals surface area contributed by atoms with Crippen LogP contribution >= 0.6 is 11.8 Å².